The van der Waals surface area contributed by atoms with Crippen LogP contribution in [0.15, 0.2) is 41.1 Å². The fourth-order valence-corrected chi connectivity index (χ4v) is 1.90. The van der Waals surface area contributed by atoms with Gasteiger partial charge in [-0.2, -0.15) is 0 Å². The molecule has 0 spiro atoms. The van der Waals surface area contributed by atoms with Gasteiger partial charge in [-0.25, -0.2) is 9.97 Å². The van der Waals surface area contributed by atoms with Crippen LogP contribution in [0.2, 0.25) is 5.15 Å². The van der Waals surface area contributed by atoms with Crippen molar-refractivity contribution in [1.82, 2.24) is 15.3 Å². The van der Waals surface area contributed by atoms with Crippen LogP contribution in [0.4, 0.5) is 0 Å². The predicted octanol–water partition coefficient (Wildman–Crippen LogP) is 3.38. The average Bonchev–Trinajstić information content (AvgIpc) is 2.40. The number of nitrogens with one attached hydrogen (secondary N) is 1. The molecule has 1 aromatic carbocycles. The van der Waals surface area contributed by atoms with Gasteiger partial charge in [0.15, 0.2) is 0 Å². The van der Waals surface area contributed by atoms with Gasteiger partial charge in [0.05, 0.1) is 18.4 Å². The highest BCUT2D eigenvalue weighted by molar-refractivity contribution is 9.10. The molecule has 0 fully saturated rings. The summed E-state index contributed by atoms with van der Waals surface area (Å²) in [6.07, 6.45) is 2.70. The third-order valence-electron chi connectivity index (χ3n) is 2.57. The number of carbonyl (C=O) groups excluding carboxylic acids is 1. The molecule has 0 aliphatic carbocycles. The van der Waals surface area contributed by atoms with Crippen LogP contribution in [0.1, 0.15) is 29.0 Å². The first-order chi connectivity index (χ1) is 9.06. The van der Waals surface area contributed by atoms with E-state index in [-0.39, 0.29) is 22.8 Å². The van der Waals surface area contributed by atoms with Gasteiger partial charge >= 0.3 is 0 Å². The van der Waals surface area contributed by atoms with Crippen LogP contribution >= 0.6 is 27.5 Å². The van der Waals surface area contributed by atoms with Crippen molar-refractivity contribution in [3.05, 3.63) is 57.5 Å². The van der Waals surface area contributed by atoms with E-state index < -0.39 is 0 Å². The molecule has 2 rings (SSSR count). The number of hydrogen-bond donors (Lipinski definition) is 1. The van der Waals surface area contributed by atoms with Crippen molar-refractivity contribution < 1.29 is 4.79 Å². The van der Waals surface area contributed by atoms with Crippen molar-refractivity contribution in [2.24, 2.45) is 0 Å². The first-order valence-electron chi connectivity index (χ1n) is 5.60. The van der Waals surface area contributed by atoms with Crippen molar-refractivity contribution in [3.63, 3.8) is 0 Å². The van der Waals surface area contributed by atoms with Crippen LogP contribution in [-0.2, 0) is 0 Å². The Hall–Kier alpha value is -1.46. The minimum Gasteiger partial charge on any atom is -0.344 e. The van der Waals surface area contributed by atoms with Crippen LogP contribution in [0.3, 0.4) is 0 Å². The van der Waals surface area contributed by atoms with Crippen molar-refractivity contribution >= 4 is 33.4 Å². The number of aromatic nitrogens is 2. The number of carbonyl (C=O) groups is 1. The van der Waals surface area contributed by atoms with Gasteiger partial charge in [-0.1, -0.05) is 39.7 Å². The van der Waals surface area contributed by atoms with Crippen molar-refractivity contribution in [2.75, 3.05) is 0 Å². The first kappa shape index (κ1) is 14.0. The molecule has 0 radical (unpaired) electrons. The van der Waals surface area contributed by atoms with Gasteiger partial charge in [0, 0.05) is 4.47 Å². The Balaban J connectivity index is 2.06. The quantitative estimate of drug-likeness (QED) is 0.932. The predicted molar refractivity (Wildman–Crippen MR) is 77.1 cm³/mol. The van der Waals surface area contributed by atoms with Crippen LogP contribution in [0.25, 0.3) is 0 Å². The fourth-order valence-electron chi connectivity index (χ4n) is 1.53. The number of nitrogens with zero attached hydrogens (tertiary/aromatic N) is 2. The summed E-state index contributed by atoms with van der Waals surface area (Å²) in [4.78, 5) is 19.7. The van der Waals surface area contributed by atoms with E-state index >= 15 is 0 Å². The topological polar surface area (TPSA) is 54.9 Å². The fraction of sp³-hybridized carbons (Fsp3) is 0.154. The minimum absolute atomic E-state index is 0.113. The number of benzene rings is 1. The van der Waals surface area contributed by atoms with Gasteiger partial charge in [0.1, 0.15) is 10.8 Å². The Bertz CT molecular complexity index is 571. The summed E-state index contributed by atoms with van der Waals surface area (Å²) in [6, 6.07) is 7.64. The highest BCUT2D eigenvalue weighted by atomic mass is 79.9. The maximum Gasteiger partial charge on any atom is 0.271 e. The summed E-state index contributed by atoms with van der Waals surface area (Å²) >= 11 is 8.99. The normalized spacial score (nSPS) is 11.9. The number of halogens is 2. The molecule has 0 unspecified atom stereocenters. The lowest BCUT2D eigenvalue weighted by Gasteiger charge is -2.13. The monoisotopic (exact) mass is 339 g/mol. The van der Waals surface area contributed by atoms with Crippen LogP contribution in [0.5, 0.6) is 0 Å². The molecule has 1 atom stereocenters. The molecule has 0 aliphatic rings. The summed E-state index contributed by atoms with van der Waals surface area (Å²) in [5.41, 5.74) is 1.26. The lowest BCUT2D eigenvalue weighted by Crippen LogP contribution is -2.27. The van der Waals surface area contributed by atoms with E-state index in [9.17, 15) is 4.79 Å². The zero-order valence-electron chi connectivity index (χ0n) is 10.1. The Morgan fingerprint density at radius 1 is 1.26 bits per heavy atom. The summed E-state index contributed by atoms with van der Waals surface area (Å²) in [7, 11) is 0. The molecule has 1 amide bonds. The Kier molecular flexibility index (Phi) is 4.50. The summed E-state index contributed by atoms with van der Waals surface area (Å²) in [5, 5.41) is 3.11. The van der Waals surface area contributed by atoms with E-state index in [0.717, 1.165) is 10.0 Å². The van der Waals surface area contributed by atoms with Gasteiger partial charge in [0.2, 0.25) is 0 Å². The molecule has 4 nitrogen and oxygen atoms in total. The van der Waals surface area contributed by atoms with E-state index in [1.54, 1.807) is 0 Å². The SMILES string of the molecule is C[C@H](NC(=O)c1cnc(Cl)cn1)c1ccc(Br)cc1. The van der Waals surface area contributed by atoms with E-state index in [0.29, 0.717) is 0 Å². The second-order valence-corrected chi connectivity index (χ2v) is 5.27. The lowest BCUT2D eigenvalue weighted by atomic mass is 10.1. The number of hydrogen-bond acceptors (Lipinski definition) is 3. The zero-order valence-corrected chi connectivity index (χ0v) is 12.4. The molecule has 1 N–H and O–H groups in total. The smallest absolute Gasteiger partial charge is 0.271 e. The average molecular weight is 341 g/mol. The number of amides is 1. The second-order valence-electron chi connectivity index (χ2n) is 3.97. The van der Waals surface area contributed by atoms with E-state index in [4.69, 9.17) is 11.6 Å². The molecule has 0 saturated carbocycles. The molecule has 1 aromatic heterocycles. The summed E-state index contributed by atoms with van der Waals surface area (Å²) < 4.78 is 0.998. The molecule has 98 valence electrons. The molecule has 0 saturated heterocycles. The molecule has 6 heteroatoms. The molecule has 1 heterocycles. The van der Waals surface area contributed by atoms with Crippen molar-refractivity contribution in [3.8, 4) is 0 Å². The van der Waals surface area contributed by atoms with Gasteiger partial charge in [-0.15, -0.1) is 0 Å². The van der Waals surface area contributed by atoms with Gasteiger partial charge < -0.3 is 5.32 Å². The van der Waals surface area contributed by atoms with E-state index in [1.165, 1.54) is 12.4 Å². The van der Waals surface area contributed by atoms with Crippen LogP contribution < -0.4 is 5.32 Å². The van der Waals surface area contributed by atoms with E-state index in [2.05, 4.69) is 31.2 Å². The second kappa shape index (κ2) is 6.12. The molecular weight excluding hydrogens is 330 g/mol. The molecule has 2 aromatic rings. The van der Waals surface area contributed by atoms with Gasteiger partial charge in [0.25, 0.3) is 5.91 Å². The Morgan fingerprint density at radius 2 is 1.95 bits per heavy atom. The maximum absolute atomic E-state index is 11.9. The third kappa shape index (κ3) is 3.75. The van der Waals surface area contributed by atoms with Crippen LogP contribution in [0, 0.1) is 0 Å². The zero-order chi connectivity index (χ0) is 13.8. The van der Waals surface area contributed by atoms with Crippen LogP contribution in [-0.4, -0.2) is 15.9 Å². The third-order valence-corrected chi connectivity index (χ3v) is 3.29. The van der Waals surface area contributed by atoms with E-state index in [1.807, 2.05) is 31.2 Å². The molecule has 0 bridgehead atoms. The summed E-state index contributed by atoms with van der Waals surface area (Å²) in [5.74, 6) is -0.278. The highest BCUT2D eigenvalue weighted by Crippen LogP contribution is 2.16. The lowest BCUT2D eigenvalue weighted by molar-refractivity contribution is 0.0934. The van der Waals surface area contributed by atoms with Crippen molar-refractivity contribution in [2.45, 2.75) is 13.0 Å². The minimum atomic E-state index is -0.278. The van der Waals surface area contributed by atoms with Gasteiger partial charge in [-0.05, 0) is 24.6 Å². The number of rotatable bonds is 3. The molecule has 19 heavy (non-hydrogen) atoms. The molecule has 0 aliphatic heterocycles. The highest BCUT2D eigenvalue weighted by Gasteiger charge is 2.12. The standard InChI is InChI=1S/C13H11BrClN3O/c1-8(9-2-4-10(14)5-3-9)18-13(19)11-6-17-12(15)7-16-11/h2-8H,1H3,(H,18,19)/t8-/m0/s1. The first-order valence-corrected chi connectivity index (χ1v) is 6.77. The van der Waals surface area contributed by atoms with Crippen molar-refractivity contribution in [1.29, 1.82) is 0 Å². The van der Waals surface area contributed by atoms with Gasteiger partial charge in [-0.3, -0.25) is 4.79 Å². The maximum atomic E-state index is 11.9. The Morgan fingerprint density at radius 3 is 2.53 bits per heavy atom. The molecular formula is C13H11BrClN3O. The Labute approximate surface area is 124 Å². The summed E-state index contributed by atoms with van der Waals surface area (Å²) in [6.45, 7) is 1.91. The largest absolute Gasteiger partial charge is 0.344 e.